The Morgan fingerprint density at radius 2 is 1.65 bits per heavy atom. The van der Waals surface area contributed by atoms with E-state index < -0.39 is 11.7 Å². The van der Waals surface area contributed by atoms with E-state index in [0.29, 0.717) is 11.4 Å². The number of nitrogens with two attached hydrogens (primary N) is 1. The molecule has 2 aromatic carbocycles. The molecular formula is C14H13F3N2O. The molecule has 106 valence electrons. The first-order valence-corrected chi connectivity index (χ1v) is 5.79. The van der Waals surface area contributed by atoms with Crippen LogP contribution in [-0.2, 0) is 6.18 Å². The number of nitrogens with one attached hydrogen (secondary N) is 1. The quantitative estimate of drug-likeness (QED) is 0.835. The molecule has 0 saturated carbocycles. The summed E-state index contributed by atoms with van der Waals surface area (Å²) in [6, 6.07) is 10.1. The van der Waals surface area contributed by atoms with Crippen LogP contribution < -0.4 is 15.8 Å². The number of para-hydroxylation sites is 2. The summed E-state index contributed by atoms with van der Waals surface area (Å²) in [5, 5.41) is 2.70. The minimum Gasteiger partial charge on any atom is -0.495 e. The van der Waals surface area contributed by atoms with Crippen molar-refractivity contribution in [3.05, 3.63) is 48.0 Å². The third-order valence-electron chi connectivity index (χ3n) is 2.79. The van der Waals surface area contributed by atoms with E-state index in [1.165, 1.54) is 25.3 Å². The van der Waals surface area contributed by atoms with Crippen molar-refractivity contribution in [2.24, 2.45) is 0 Å². The van der Waals surface area contributed by atoms with Crippen LogP contribution in [0.5, 0.6) is 5.75 Å². The van der Waals surface area contributed by atoms with Gasteiger partial charge in [0, 0.05) is 0 Å². The van der Waals surface area contributed by atoms with Gasteiger partial charge in [0.05, 0.1) is 29.7 Å². The lowest BCUT2D eigenvalue weighted by molar-refractivity contribution is -0.136. The number of rotatable bonds is 3. The van der Waals surface area contributed by atoms with E-state index in [9.17, 15) is 13.2 Å². The highest BCUT2D eigenvalue weighted by atomic mass is 19.4. The highest BCUT2D eigenvalue weighted by Gasteiger charge is 2.33. The minimum atomic E-state index is -4.43. The molecule has 0 aliphatic carbocycles. The fourth-order valence-corrected chi connectivity index (χ4v) is 1.82. The molecule has 6 heteroatoms. The first kappa shape index (κ1) is 14.0. The smallest absolute Gasteiger partial charge is 0.418 e. The number of hydrogen-bond donors (Lipinski definition) is 2. The van der Waals surface area contributed by atoms with Crippen LogP contribution in [0.3, 0.4) is 0 Å². The van der Waals surface area contributed by atoms with Gasteiger partial charge in [-0.05, 0) is 24.3 Å². The van der Waals surface area contributed by atoms with E-state index in [1.54, 1.807) is 18.2 Å². The van der Waals surface area contributed by atoms with Gasteiger partial charge in [-0.1, -0.05) is 18.2 Å². The van der Waals surface area contributed by atoms with Gasteiger partial charge in [0.2, 0.25) is 0 Å². The first-order valence-electron chi connectivity index (χ1n) is 5.79. The zero-order chi connectivity index (χ0) is 14.8. The number of halogens is 3. The Bertz CT molecular complexity index is 612. The van der Waals surface area contributed by atoms with Gasteiger partial charge in [-0.25, -0.2) is 0 Å². The Kier molecular flexibility index (Phi) is 3.74. The van der Waals surface area contributed by atoms with Gasteiger partial charge in [-0.15, -0.1) is 0 Å². The minimum absolute atomic E-state index is 0.0556. The van der Waals surface area contributed by atoms with Gasteiger partial charge in [-0.2, -0.15) is 13.2 Å². The summed E-state index contributed by atoms with van der Waals surface area (Å²) >= 11 is 0. The number of alkyl halides is 3. The van der Waals surface area contributed by atoms with E-state index in [1.807, 2.05) is 0 Å². The number of benzene rings is 2. The Balaban J connectivity index is 2.41. The molecule has 0 aliphatic rings. The third kappa shape index (κ3) is 2.79. The first-order chi connectivity index (χ1) is 9.43. The van der Waals surface area contributed by atoms with Crippen LogP contribution in [0.25, 0.3) is 0 Å². The molecule has 0 atom stereocenters. The summed E-state index contributed by atoms with van der Waals surface area (Å²) in [5.41, 5.74) is 5.65. The molecule has 0 saturated heterocycles. The molecule has 0 fully saturated rings. The second-order valence-electron chi connectivity index (χ2n) is 4.09. The number of hydrogen-bond acceptors (Lipinski definition) is 3. The lowest BCUT2D eigenvalue weighted by atomic mass is 10.1. The molecular weight excluding hydrogens is 269 g/mol. The maximum atomic E-state index is 12.9. The topological polar surface area (TPSA) is 47.3 Å². The molecule has 0 radical (unpaired) electrons. The Morgan fingerprint density at radius 3 is 2.30 bits per heavy atom. The van der Waals surface area contributed by atoms with Gasteiger partial charge in [0.1, 0.15) is 5.75 Å². The predicted octanol–water partition coefficient (Wildman–Crippen LogP) is 4.04. The van der Waals surface area contributed by atoms with Crippen molar-refractivity contribution >= 4 is 17.1 Å². The van der Waals surface area contributed by atoms with Gasteiger partial charge in [-0.3, -0.25) is 0 Å². The summed E-state index contributed by atoms with van der Waals surface area (Å²) in [6.45, 7) is 0. The van der Waals surface area contributed by atoms with Crippen LogP contribution in [0.2, 0.25) is 0 Å². The van der Waals surface area contributed by atoms with Gasteiger partial charge in [0.15, 0.2) is 0 Å². The number of methoxy groups -OCH3 is 1. The Morgan fingerprint density at radius 1 is 1.00 bits per heavy atom. The standard InChI is InChI=1S/C14H13F3N2O/c1-20-12-8-4-7-11(13(12)18)19-10-6-3-2-5-9(10)14(15,16)17/h2-8,19H,18H2,1H3. The summed E-state index contributed by atoms with van der Waals surface area (Å²) in [6.07, 6.45) is -4.43. The maximum absolute atomic E-state index is 12.9. The predicted molar refractivity (Wildman–Crippen MR) is 72.1 cm³/mol. The fraction of sp³-hybridized carbons (Fsp3) is 0.143. The molecule has 0 bridgehead atoms. The SMILES string of the molecule is COc1cccc(Nc2ccccc2C(F)(F)F)c1N. The second-order valence-corrected chi connectivity index (χ2v) is 4.09. The fourth-order valence-electron chi connectivity index (χ4n) is 1.82. The van der Waals surface area contributed by atoms with E-state index in [0.717, 1.165) is 6.07 Å². The summed E-state index contributed by atoms with van der Waals surface area (Å²) in [4.78, 5) is 0. The van der Waals surface area contributed by atoms with Crippen molar-refractivity contribution in [1.29, 1.82) is 0 Å². The summed E-state index contributed by atoms with van der Waals surface area (Å²) in [5.74, 6) is 0.402. The van der Waals surface area contributed by atoms with Crippen molar-refractivity contribution < 1.29 is 17.9 Å². The summed E-state index contributed by atoms with van der Waals surface area (Å²) < 4.78 is 43.7. The van der Waals surface area contributed by atoms with Crippen molar-refractivity contribution in [2.45, 2.75) is 6.18 Å². The number of ether oxygens (including phenoxy) is 1. The average molecular weight is 282 g/mol. The third-order valence-corrected chi connectivity index (χ3v) is 2.79. The zero-order valence-electron chi connectivity index (χ0n) is 10.7. The highest BCUT2D eigenvalue weighted by molar-refractivity contribution is 5.78. The largest absolute Gasteiger partial charge is 0.495 e. The maximum Gasteiger partial charge on any atom is 0.418 e. The van der Waals surface area contributed by atoms with Gasteiger partial charge in [0.25, 0.3) is 0 Å². The zero-order valence-corrected chi connectivity index (χ0v) is 10.7. The van der Waals surface area contributed by atoms with Gasteiger partial charge >= 0.3 is 6.18 Å². The molecule has 0 spiro atoms. The summed E-state index contributed by atoms with van der Waals surface area (Å²) in [7, 11) is 1.44. The van der Waals surface area contributed by atoms with E-state index in [4.69, 9.17) is 10.5 Å². The molecule has 0 heterocycles. The van der Waals surface area contributed by atoms with Crippen LogP contribution in [0.4, 0.5) is 30.2 Å². The van der Waals surface area contributed by atoms with Crippen LogP contribution in [-0.4, -0.2) is 7.11 Å². The van der Waals surface area contributed by atoms with Crippen molar-refractivity contribution in [2.75, 3.05) is 18.2 Å². The molecule has 3 nitrogen and oxygen atoms in total. The Labute approximate surface area is 114 Å². The van der Waals surface area contributed by atoms with Crippen molar-refractivity contribution in [1.82, 2.24) is 0 Å². The van der Waals surface area contributed by atoms with Crippen molar-refractivity contribution in [3.63, 3.8) is 0 Å². The van der Waals surface area contributed by atoms with Crippen LogP contribution in [0.15, 0.2) is 42.5 Å². The molecule has 2 aromatic rings. The molecule has 20 heavy (non-hydrogen) atoms. The molecule has 3 N–H and O–H groups in total. The average Bonchev–Trinajstić information content (AvgIpc) is 2.40. The molecule has 0 amide bonds. The van der Waals surface area contributed by atoms with Gasteiger partial charge < -0.3 is 15.8 Å². The van der Waals surface area contributed by atoms with Crippen LogP contribution >= 0.6 is 0 Å². The van der Waals surface area contributed by atoms with E-state index >= 15 is 0 Å². The number of nitrogen functional groups attached to an aromatic ring is 1. The molecule has 2 rings (SSSR count). The lowest BCUT2D eigenvalue weighted by Gasteiger charge is -2.16. The molecule has 0 aliphatic heterocycles. The van der Waals surface area contributed by atoms with E-state index in [2.05, 4.69) is 5.32 Å². The highest BCUT2D eigenvalue weighted by Crippen LogP contribution is 2.38. The van der Waals surface area contributed by atoms with Crippen LogP contribution in [0, 0.1) is 0 Å². The monoisotopic (exact) mass is 282 g/mol. The second kappa shape index (κ2) is 5.32. The number of anilines is 3. The molecule has 0 unspecified atom stereocenters. The van der Waals surface area contributed by atoms with Crippen molar-refractivity contribution in [3.8, 4) is 5.75 Å². The lowest BCUT2D eigenvalue weighted by Crippen LogP contribution is -2.09. The molecule has 0 aromatic heterocycles. The van der Waals surface area contributed by atoms with E-state index in [-0.39, 0.29) is 11.4 Å². The normalized spacial score (nSPS) is 11.2. The Hall–Kier alpha value is -2.37. The van der Waals surface area contributed by atoms with Crippen LogP contribution in [0.1, 0.15) is 5.56 Å².